The van der Waals surface area contributed by atoms with Crippen molar-refractivity contribution >= 4 is 39.1 Å². The Morgan fingerprint density at radius 3 is 2.81 bits per heavy atom. The number of amides is 1. The van der Waals surface area contributed by atoms with Crippen molar-refractivity contribution in [1.82, 2.24) is 10.3 Å². The summed E-state index contributed by atoms with van der Waals surface area (Å²) >= 11 is 4.36. The molecule has 1 heterocycles. The molecule has 0 aliphatic heterocycles. The van der Waals surface area contributed by atoms with E-state index in [9.17, 15) is 14.0 Å². The van der Waals surface area contributed by atoms with Crippen molar-refractivity contribution in [2.45, 2.75) is 6.42 Å². The third-order valence-corrected chi connectivity index (χ3v) is 4.14. The largest absolute Gasteiger partial charge is 0.476 e. The second kappa shape index (κ2) is 6.77. The molecule has 8 heteroatoms. The van der Waals surface area contributed by atoms with Gasteiger partial charge < -0.3 is 10.4 Å². The first-order valence-corrected chi connectivity index (χ1v) is 7.55. The Balaban J connectivity index is 1.90. The number of nitrogens with one attached hydrogen (secondary N) is 1. The molecule has 21 heavy (non-hydrogen) atoms. The maximum atomic E-state index is 12.9. The van der Waals surface area contributed by atoms with Gasteiger partial charge in [-0.2, -0.15) is 0 Å². The van der Waals surface area contributed by atoms with Crippen LogP contribution in [0.1, 0.15) is 25.9 Å². The van der Waals surface area contributed by atoms with Crippen molar-refractivity contribution in [2.24, 2.45) is 0 Å². The fourth-order valence-electron chi connectivity index (χ4n) is 1.58. The third kappa shape index (κ3) is 4.08. The molecule has 0 unspecified atom stereocenters. The zero-order chi connectivity index (χ0) is 15.4. The van der Waals surface area contributed by atoms with Crippen molar-refractivity contribution < 1.29 is 19.1 Å². The molecular weight excluding hydrogens is 363 g/mol. The van der Waals surface area contributed by atoms with Crippen molar-refractivity contribution in [2.75, 3.05) is 6.54 Å². The number of carbonyl (C=O) groups excluding carboxylic acids is 1. The van der Waals surface area contributed by atoms with Crippen LogP contribution in [-0.2, 0) is 6.42 Å². The number of halogens is 2. The Morgan fingerprint density at radius 1 is 1.43 bits per heavy atom. The van der Waals surface area contributed by atoms with Crippen molar-refractivity contribution in [3.63, 3.8) is 0 Å². The Kier molecular flexibility index (Phi) is 5.03. The van der Waals surface area contributed by atoms with Crippen LogP contribution in [0.25, 0.3) is 0 Å². The number of carboxylic acids is 1. The van der Waals surface area contributed by atoms with E-state index in [1.54, 1.807) is 0 Å². The summed E-state index contributed by atoms with van der Waals surface area (Å²) in [5.41, 5.74) is 0.337. The predicted molar refractivity (Wildman–Crippen MR) is 79.2 cm³/mol. The lowest BCUT2D eigenvalue weighted by molar-refractivity contribution is 0.0690. The number of benzene rings is 1. The molecule has 2 N–H and O–H groups in total. The summed E-state index contributed by atoms with van der Waals surface area (Å²) in [5.74, 6) is -1.84. The molecule has 0 saturated carbocycles. The summed E-state index contributed by atoms with van der Waals surface area (Å²) in [5, 5.41) is 13.5. The summed E-state index contributed by atoms with van der Waals surface area (Å²) in [6.07, 6.45) is 0.433. The highest BCUT2D eigenvalue weighted by Crippen LogP contribution is 2.18. The predicted octanol–water partition coefficient (Wildman–Crippen LogP) is 2.72. The van der Waals surface area contributed by atoms with Gasteiger partial charge in [0, 0.05) is 22.8 Å². The second-order valence-electron chi connectivity index (χ2n) is 4.06. The molecule has 1 aromatic carbocycles. The van der Waals surface area contributed by atoms with Crippen molar-refractivity contribution in [1.29, 1.82) is 0 Å². The van der Waals surface area contributed by atoms with Crippen LogP contribution in [0, 0.1) is 5.82 Å². The van der Waals surface area contributed by atoms with E-state index >= 15 is 0 Å². The fourth-order valence-corrected chi connectivity index (χ4v) is 2.88. The van der Waals surface area contributed by atoms with E-state index in [0.717, 1.165) is 0 Å². The SMILES string of the molecule is O=C(O)c1csc(CCNC(=O)c2ccc(F)cc2Br)n1. The minimum atomic E-state index is -1.07. The average molecular weight is 373 g/mol. The highest BCUT2D eigenvalue weighted by atomic mass is 79.9. The molecule has 1 amide bonds. The van der Waals surface area contributed by atoms with Gasteiger partial charge in [0.2, 0.25) is 0 Å². The normalized spacial score (nSPS) is 10.4. The van der Waals surface area contributed by atoms with Gasteiger partial charge in [0.15, 0.2) is 5.69 Å². The van der Waals surface area contributed by atoms with E-state index < -0.39 is 11.8 Å². The smallest absolute Gasteiger partial charge is 0.355 e. The minimum absolute atomic E-state index is 0.00241. The molecule has 2 rings (SSSR count). The zero-order valence-corrected chi connectivity index (χ0v) is 13.0. The number of carboxylic acid groups (broad SMARTS) is 1. The molecule has 0 atom stereocenters. The van der Waals surface area contributed by atoms with Crippen LogP contribution >= 0.6 is 27.3 Å². The molecule has 0 spiro atoms. The number of aromatic nitrogens is 1. The molecular formula is C13H10BrFN2O3S. The first-order chi connectivity index (χ1) is 9.97. The summed E-state index contributed by atoms with van der Waals surface area (Å²) in [6, 6.07) is 3.81. The molecule has 1 aromatic heterocycles. The molecule has 0 bridgehead atoms. The molecule has 0 saturated heterocycles. The molecule has 110 valence electrons. The van der Waals surface area contributed by atoms with E-state index in [1.165, 1.54) is 34.9 Å². The van der Waals surface area contributed by atoms with Gasteiger partial charge in [-0.3, -0.25) is 4.79 Å². The van der Waals surface area contributed by atoms with Crippen molar-refractivity contribution in [3.8, 4) is 0 Å². The van der Waals surface area contributed by atoms with Crippen molar-refractivity contribution in [3.05, 3.63) is 50.1 Å². The first kappa shape index (κ1) is 15.6. The maximum absolute atomic E-state index is 12.9. The van der Waals surface area contributed by atoms with Gasteiger partial charge in [0.1, 0.15) is 5.82 Å². The van der Waals surface area contributed by atoms with E-state index in [1.807, 2.05) is 0 Å². The molecule has 0 fully saturated rings. The maximum Gasteiger partial charge on any atom is 0.355 e. The molecule has 5 nitrogen and oxygen atoms in total. The van der Waals surface area contributed by atoms with Gasteiger partial charge in [-0.05, 0) is 34.1 Å². The molecule has 0 aliphatic carbocycles. The van der Waals surface area contributed by atoms with Gasteiger partial charge >= 0.3 is 5.97 Å². The average Bonchev–Trinajstić information content (AvgIpc) is 2.87. The number of rotatable bonds is 5. The highest BCUT2D eigenvalue weighted by molar-refractivity contribution is 9.10. The van der Waals surface area contributed by atoms with Crippen LogP contribution < -0.4 is 5.32 Å². The van der Waals surface area contributed by atoms with E-state index in [4.69, 9.17) is 5.11 Å². The fraction of sp³-hybridized carbons (Fsp3) is 0.154. The number of nitrogens with zero attached hydrogens (tertiary/aromatic N) is 1. The number of hydrogen-bond acceptors (Lipinski definition) is 4. The van der Waals surface area contributed by atoms with Crippen LogP contribution in [0.2, 0.25) is 0 Å². The Morgan fingerprint density at radius 2 is 2.19 bits per heavy atom. The molecule has 0 radical (unpaired) electrons. The zero-order valence-electron chi connectivity index (χ0n) is 10.6. The highest BCUT2D eigenvalue weighted by Gasteiger charge is 2.11. The van der Waals surface area contributed by atoms with Gasteiger partial charge in [0.25, 0.3) is 5.91 Å². The van der Waals surface area contributed by atoms with E-state index in [2.05, 4.69) is 26.2 Å². The van der Waals surface area contributed by atoms with Crippen LogP contribution in [0.4, 0.5) is 4.39 Å². The lowest BCUT2D eigenvalue weighted by Crippen LogP contribution is -2.26. The summed E-state index contributed by atoms with van der Waals surface area (Å²) in [7, 11) is 0. The van der Waals surface area contributed by atoms with E-state index in [-0.39, 0.29) is 11.6 Å². The van der Waals surface area contributed by atoms with Crippen LogP contribution in [0.5, 0.6) is 0 Å². The quantitative estimate of drug-likeness (QED) is 0.845. The first-order valence-electron chi connectivity index (χ1n) is 5.88. The van der Waals surface area contributed by atoms with Crippen LogP contribution in [0.3, 0.4) is 0 Å². The Labute approximate surface area is 132 Å². The summed E-state index contributed by atoms with van der Waals surface area (Å²) in [6.45, 7) is 0.315. The number of thiazole rings is 1. The van der Waals surface area contributed by atoms with Gasteiger partial charge in [-0.1, -0.05) is 0 Å². The van der Waals surface area contributed by atoms with Gasteiger partial charge in [0.05, 0.1) is 10.6 Å². The van der Waals surface area contributed by atoms with Crippen LogP contribution in [0.15, 0.2) is 28.1 Å². The topological polar surface area (TPSA) is 79.3 Å². The minimum Gasteiger partial charge on any atom is -0.476 e. The number of hydrogen-bond donors (Lipinski definition) is 2. The van der Waals surface area contributed by atoms with Gasteiger partial charge in [-0.15, -0.1) is 11.3 Å². The van der Waals surface area contributed by atoms with E-state index in [0.29, 0.717) is 28.0 Å². The number of carbonyl (C=O) groups is 2. The third-order valence-electron chi connectivity index (χ3n) is 2.57. The van der Waals surface area contributed by atoms with Crippen LogP contribution in [-0.4, -0.2) is 28.5 Å². The number of aromatic carboxylic acids is 1. The van der Waals surface area contributed by atoms with Gasteiger partial charge in [-0.25, -0.2) is 14.2 Å². The Bertz CT molecular complexity index is 690. The lowest BCUT2D eigenvalue weighted by Gasteiger charge is -2.06. The monoisotopic (exact) mass is 372 g/mol. The summed E-state index contributed by atoms with van der Waals surface area (Å²) in [4.78, 5) is 26.5. The standard InChI is InChI=1S/C13H10BrFN2O3S/c14-9-5-7(15)1-2-8(9)12(18)16-4-3-11-17-10(6-21-11)13(19)20/h1-2,5-6H,3-4H2,(H,16,18)(H,19,20). The molecule has 0 aliphatic rings. The molecule has 2 aromatic rings. The Hall–Kier alpha value is -1.80. The second-order valence-corrected chi connectivity index (χ2v) is 5.86. The summed E-state index contributed by atoms with van der Waals surface area (Å²) < 4.78 is 13.3. The lowest BCUT2D eigenvalue weighted by atomic mass is 10.2.